The number of aryl methyl sites for hydroxylation is 2. The van der Waals surface area contributed by atoms with Gasteiger partial charge in [-0.3, -0.25) is 19.9 Å². The van der Waals surface area contributed by atoms with Gasteiger partial charge in [0.15, 0.2) is 5.92 Å². The Bertz CT molecular complexity index is 901. The van der Waals surface area contributed by atoms with Crippen molar-refractivity contribution in [3.8, 4) is 0 Å². The Morgan fingerprint density at radius 1 is 1.04 bits per heavy atom. The molecular formula is C21H21N3O3. The maximum absolute atomic E-state index is 12.9. The molecule has 1 heterocycles. The Morgan fingerprint density at radius 2 is 1.67 bits per heavy atom. The van der Waals surface area contributed by atoms with Crippen LogP contribution in [0, 0.1) is 19.8 Å². The Morgan fingerprint density at radius 3 is 2.30 bits per heavy atom. The third-order valence-electron chi connectivity index (χ3n) is 4.41. The third-order valence-corrected chi connectivity index (χ3v) is 4.41. The first kappa shape index (κ1) is 18.5. The summed E-state index contributed by atoms with van der Waals surface area (Å²) in [5.41, 5.74) is 3.26. The van der Waals surface area contributed by atoms with Gasteiger partial charge in [0.2, 0.25) is 5.91 Å². The topological polar surface area (TPSA) is 78.8 Å². The van der Waals surface area contributed by atoms with E-state index in [1.54, 1.807) is 12.1 Å². The SMILES string of the molecule is Cc1cc(C)cc(N2C(=O)NC(=O)[C@@H](C=N[C@H](C)c3ccccc3)C2=O)c1. The van der Waals surface area contributed by atoms with Gasteiger partial charge in [-0.25, -0.2) is 9.69 Å². The molecule has 27 heavy (non-hydrogen) atoms. The van der Waals surface area contributed by atoms with Crippen LogP contribution in [0.15, 0.2) is 53.5 Å². The van der Waals surface area contributed by atoms with Crippen LogP contribution in [0.4, 0.5) is 10.5 Å². The highest BCUT2D eigenvalue weighted by Gasteiger charge is 2.40. The minimum absolute atomic E-state index is 0.209. The largest absolute Gasteiger partial charge is 0.335 e. The molecule has 0 bridgehead atoms. The first-order valence-electron chi connectivity index (χ1n) is 8.72. The number of carbonyl (C=O) groups excluding carboxylic acids is 3. The monoisotopic (exact) mass is 363 g/mol. The lowest BCUT2D eigenvalue weighted by Crippen LogP contribution is -2.58. The van der Waals surface area contributed by atoms with Gasteiger partial charge in [-0.1, -0.05) is 36.4 Å². The van der Waals surface area contributed by atoms with E-state index in [2.05, 4.69) is 10.3 Å². The molecule has 1 saturated heterocycles. The van der Waals surface area contributed by atoms with Crippen molar-refractivity contribution in [2.24, 2.45) is 10.9 Å². The molecule has 6 heteroatoms. The summed E-state index contributed by atoms with van der Waals surface area (Å²) in [6.07, 6.45) is 1.33. The minimum Gasteiger partial charge on any atom is -0.288 e. The van der Waals surface area contributed by atoms with Crippen molar-refractivity contribution >= 4 is 29.7 Å². The van der Waals surface area contributed by atoms with Gasteiger partial charge in [0.1, 0.15) is 0 Å². The Hall–Kier alpha value is -3.28. The molecule has 0 radical (unpaired) electrons. The van der Waals surface area contributed by atoms with Gasteiger partial charge in [0.05, 0.1) is 11.7 Å². The lowest BCUT2D eigenvalue weighted by atomic mass is 10.0. The zero-order valence-corrected chi connectivity index (χ0v) is 15.5. The number of rotatable bonds is 4. The van der Waals surface area contributed by atoms with Gasteiger partial charge in [0, 0.05) is 6.21 Å². The van der Waals surface area contributed by atoms with Crippen molar-refractivity contribution in [3.05, 3.63) is 65.2 Å². The van der Waals surface area contributed by atoms with Crippen LogP contribution in [-0.2, 0) is 9.59 Å². The number of imide groups is 2. The highest BCUT2D eigenvalue weighted by molar-refractivity contribution is 6.32. The number of urea groups is 1. The van der Waals surface area contributed by atoms with E-state index in [0.29, 0.717) is 5.69 Å². The summed E-state index contributed by atoms with van der Waals surface area (Å²) >= 11 is 0. The van der Waals surface area contributed by atoms with E-state index in [9.17, 15) is 14.4 Å². The minimum atomic E-state index is -1.14. The van der Waals surface area contributed by atoms with Crippen LogP contribution in [0.25, 0.3) is 0 Å². The molecule has 2 aromatic rings. The van der Waals surface area contributed by atoms with E-state index in [-0.39, 0.29) is 6.04 Å². The van der Waals surface area contributed by atoms with E-state index >= 15 is 0 Å². The first-order chi connectivity index (χ1) is 12.9. The zero-order chi connectivity index (χ0) is 19.6. The van der Waals surface area contributed by atoms with Gasteiger partial charge in [-0.15, -0.1) is 0 Å². The van der Waals surface area contributed by atoms with Gasteiger partial charge < -0.3 is 0 Å². The second-order valence-corrected chi connectivity index (χ2v) is 6.68. The average Bonchev–Trinajstić information content (AvgIpc) is 2.61. The van der Waals surface area contributed by atoms with Gasteiger partial charge in [-0.2, -0.15) is 0 Å². The number of carbonyl (C=O) groups is 3. The molecule has 138 valence electrons. The first-order valence-corrected chi connectivity index (χ1v) is 8.72. The number of benzene rings is 2. The molecule has 2 aromatic carbocycles. The number of hydrogen-bond acceptors (Lipinski definition) is 4. The van der Waals surface area contributed by atoms with Crippen molar-refractivity contribution in [2.45, 2.75) is 26.8 Å². The maximum Gasteiger partial charge on any atom is 0.335 e. The molecule has 1 aliphatic rings. The van der Waals surface area contributed by atoms with Crippen molar-refractivity contribution in [1.29, 1.82) is 0 Å². The number of nitrogens with zero attached hydrogens (tertiary/aromatic N) is 2. The lowest BCUT2D eigenvalue weighted by molar-refractivity contribution is -0.131. The van der Waals surface area contributed by atoms with Gasteiger partial charge in [0.25, 0.3) is 5.91 Å². The van der Waals surface area contributed by atoms with Crippen molar-refractivity contribution < 1.29 is 14.4 Å². The summed E-state index contributed by atoms with van der Waals surface area (Å²) in [4.78, 5) is 42.7. The fraction of sp³-hybridized carbons (Fsp3) is 0.238. The van der Waals surface area contributed by atoms with Crippen LogP contribution in [0.3, 0.4) is 0 Å². The van der Waals surface area contributed by atoms with Crippen LogP contribution in [0.5, 0.6) is 0 Å². The standard InChI is InChI=1S/C21H21N3O3/c1-13-9-14(2)11-17(10-13)24-20(26)18(19(25)23-21(24)27)12-22-15(3)16-7-5-4-6-8-16/h4-12,15,18H,1-3H3,(H,23,25,27)/t15-,18-/m1/s1. The fourth-order valence-electron chi connectivity index (χ4n) is 3.08. The second kappa shape index (κ2) is 7.53. The average molecular weight is 363 g/mol. The molecule has 2 atom stereocenters. The summed E-state index contributed by atoms with van der Waals surface area (Å²) < 4.78 is 0. The van der Waals surface area contributed by atoms with E-state index in [1.807, 2.05) is 57.2 Å². The molecule has 3 rings (SSSR count). The lowest BCUT2D eigenvalue weighted by Gasteiger charge is -2.29. The van der Waals surface area contributed by atoms with Gasteiger partial charge in [-0.05, 0) is 49.6 Å². The molecule has 0 unspecified atom stereocenters. The van der Waals surface area contributed by atoms with Crippen LogP contribution in [-0.4, -0.2) is 24.1 Å². The third kappa shape index (κ3) is 3.95. The quantitative estimate of drug-likeness (QED) is 0.668. The number of barbiturate groups is 1. The van der Waals surface area contributed by atoms with Crippen LogP contribution in [0.1, 0.15) is 29.7 Å². The summed E-state index contributed by atoms with van der Waals surface area (Å²) in [6.45, 7) is 5.65. The molecule has 1 fully saturated rings. The molecule has 1 aliphatic heterocycles. The molecule has 6 nitrogen and oxygen atoms in total. The molecule has 0 aromatic heterocycles. The Kier molecular flexibility index (Phi) is 5.16. The van der Waals surface area contributed by atoms with E-state index in [1.165, 1.54) is 6.21 Å². The summed E-state index contributed by atoms with van der Waals surface area (Å²) in [6, 6.07) is 14.0. The van der Waals surface area contributed by atoms with Gasteiger partial charge >= 0.3 is 6.03 Å². The fourth-order valence-corrected chi connectivity index (χ4v) is 3.08. The predicted molar refractivity (Wildman–Crippen MR) is 104 cm³/mol. The predicted octanol–water partition coefficient (Wildman–Crippen LogP) is 3.33. The number of nitrogens with one attached hydrogen (secondary N) is 1. The molecular weight excluding hydrogens is 342 g/mol. The van der Waals surface area contributed by atoms with Crippen molar-refractivity contribution in [3.63, 3.8) is 0 Å². The smallest absolute Gasteiger partial charge is 0.288 e. The summed E-state index contributed by atoms with van der Waals surface area (Å²) in [7, 11) is 0. The van der Waals surface area contributed by atoms with Crippen molar-refractivity contribution in [2.75, 3.05) is 4.90 Å². The van der Waals surface area contributed by atoms with E-state index in [0.717, 1.165) is 21.6 Å². The Balaban J connectivity index is 1.87. The molecule has 4 amide bonds. The zero-order valence-electron chi connectivity index (χ0n) is 15.5. The molecule has 0 aliphatic carbocycles. The van der Waals surface area contributed by atoms with Crippen molar-refractivity contribution in [1.82, 2.24) is 5.32 Å². The number of anilines is 1. The normalized spacial score (nSPS) is 18.7. The molecule has 0 saturated carbocycles. The highest BCUT2D eigenvalue weighted by atomic mass is 16.2. The number of amides is 4. The highest BCUT2D eigenvalue weighted by Crippen LogP contribution is 2.23. The van der Waals surface area contributed by atoms with Crippen LogP contribution >= 0.6 is 0 Å². The van der Waals surface area contributed by atoms with Crippen LogP contribution in [0.2, 0.25) is 0 Å². The van der Waals surface area contributed by atoms with Crippen LogP contribution < -0.4 is 10.2 Å². The van der Waals surface area contributed by atoms with E-state index in [4.69, 9.17) is 0 Å². The number of aliphatic imine (C=N–C) groups is 1. The Labute approximate surface area is 157 Å². The number of hydrogen-bond donors (Lipinski definition) is 1. The maximum atomic E-state index is 12.9. The summed E-state index contributed by atoms with van der Waals surface area (Å²) in [5.74, 6) is -2.40. The van der Waals surface area contributed by atoms with E-state index < -0.39 is 23.8 Å². The second-order valence-electron chi connectivity index (χ2n) is 6.68. The molecule has 0 spiro atoms. The summed E-state index contributed by atoms with van der Waals surface area (Å²) in [5, 5.41) is 2.25. The molecule has 1 N–H and O–H groups in total.